The van der Waals surface area contributed by atoms with Crippen LogP contribution in [0, 0.1) is 11.3 Å². The van der Waals surface area contributed by atoms with Crippen molar-refractivity contribution in [2.45, 2.75) is 82.2 Å². The van der Waals surface area contributed by atoms with Crippen molar-refractivity contribution in [3.8, 4) is 6.07 Å². The molecular weight excluding hydrogens is 651 g/mol. The number of allylic oxidation sites excluding steroid dienone is 2. The fraction of sp³-hybridized carbons (Fsp3) is 0.533. The first-order valence-electron chi connectivity index (χ1n) is 15.3. The highest BCUT2D eigenvalue weighted by Crippen LogP contribution is 2.51. The molecule has 0 aromatic carbocycles. The molecule has 4 heterocycles. The summed E-state index contributed by atoms with van der Waals surface area (Å²) in [5.74, 6) is -2.14. The van der Waals surface area contributed by atoms with Gasteiger partial charge in [0, 0.05) is 26.7 Å². The zero-order valence-electron chi connectivity index (χ0n) is 26.6. The van der Waals surface area contributed by atoms with Gasteiger partial charge in [-0.15, -0.1) is 0 Å². The van der Waals surface area contributed by atoms with Crippen LogP contribution in [-0.2, 0) is 51.7 Å². The topological polar surface area (TPSA) is 225 Å². The lowest BCUT2D eigenvalue weighted by Crippen LogP contribution is -2.49. The smallest absolute Gasteiger partial charge is 0.406 e. The Balaban J connectivity index is 1.45. The Morgan fingerprint density at radius 1 is 1.19 bits per heavy atom. The highest BCUT2D eigenvalue weighted by Gasteiger charge is 2.62. The van der Waals surface area contributed by atoms with Gasteiger partial charge in [-0.2, -0.15) is 10.4 Å². The van der Waals surface area contributed by atoms with Crippen molar-refractivity contribution >= 4 is 37.0 Å². The third kappa shape index (κ3) is 7.92. The number of fused-ring (bicyclic) bond motifs is 1. The monoisotopic (exact) mass is 688 g/mol. The van der Waals surface area contributed by atoms with Gasteiger partial charge in [-0.05, 0) is 25.5 Å². The average molecular weight is 689 g/mol. The number of nitriles is 1. The number of carbonyl (C=O) groups excluding carboxylic acids is 3. The van der Waals surface area contributed by atoms with Gasteiger partial charge in [-0.25, -0.2) is 19.2 Å². The summed E-state index contributed by atoms with van der Waals surface area (Å²) in [6.45, 7) is 3.74. The number of rotatable bonds is 12. The predicted molar refractivity (Wildman–Crippen MR) is 165 cm³/mol. The van der Waals surface area contributed by atoms with E-state index in [-0.39, 0.29) is 17.6 Å². The predicted octanol–water partition coefficient (Wildman–Crippen LogP) is 2.23. The van der Waals surface area contributed by atoms with Crippen molar-refractivity contribution < 1.29 is 51.7 Å². The molecule has 258 valence electrons. The Bertz CT molecular complexity index is 1670. The molecule has 1 aliphatic carbocycles. The minimum absolute atomic E-state index is 0.143. The van der Waals surface area contributed by atoms with Gasteiger partial charge < -0.3 is 29.4 Å². The largest absolute Gasteiger partial charge is 0.461 e. The van der Waals surface area contributed by atoms with Gasteiger partial charge in [0.1, 0.15) is 42.8 Å². The molecule has 2 aliphatic heterocycles. The molecule has 0 radical (unpaired) electrons. The summed E-state index contributed by atoms with van der Waals surface area (Å²) >= 11 is 0. The van der Waals surface area contributed by atoms with Crippen LogP contribution in [0.4, 0.5) is 5.82 Å². The van der Waals surface area contributed by atoms with Crippen LogP contribution in [0.5, 0.6) is 0 Å². The molecular formula is C30H37N6O11P. The first kappa shape index (κ1) is 35.1. The number of aromatic nitrogens is 3. The Labute approximate surface area is 275 Å². The molecule has 17 nitrogen and oxygen atoms in total. The normalized spacial score (nSPS) is 27.5. The molecule has 2 aromatic heterocycles. The Morgan fingerprint density at radius 2 is 1.94 bits per heavy atom. The van der Waals surface area contributed by atoms with E-state index in [1.54, 1.807) is 36.4 Å². The van der Waals surface area contributed by atoms with E-state index < -0.39 is 68.3 Å². The quantitative estimate of drug-likeness (QED) is 0.185. The second-order valence-corrected chi connectivity index (χ2v) is 13.1. The Morgan fingerprint density at radius 3 is 2.60 bits per heavy atom. The number of esters is 3. The molecule has 3 N–H and O–H groups in total. The van der Waals surface area contributed by atoms with E-state index in [0.717, 1.165) is 13.8 Å². The molecule has 18 heteroatoms. The molecule has 0 saturated carbocycles. The first-order chi connectivity index (χ1) is 22.9. The van der Waals surface area contributed by atoms with Gasteiger partial charge in [-0.1, -0.05) is 24.3 Å². The molecule has 48 heavy (non-hydrogen) atoms. The van der Waals surface area contributed by atoms with Gasteiger partial charge in [0.05, 0.1) is 25.0 Å². The zero-order chi connectivity index (χ0) is 34.5. The maximum Gasteiger partial charge on any atom is 0.406 e. The fourth-order valence-electron chi connectivity index (χ4n) is 5.54. The van der Waals surface area contributed by atoms with E-state index >= 15 is 0 Å². The fourth-order valence-corrected chi connectivity index (χ4v) is 7.19. The van der Waals surface area contributed by atoms with Gasteiger partial charge in [0.2, 0.25) is 5.60 Å². The lowest BCUT2D eigenvalue weighted by Gasteiger charge is -2.31. The van der Waals surface area contributed by atoms with E-state index in [1.807, 2.05) is 6.07 Å². The number of carbonyl (C=O) groups is 3. The van der Waals surface area contributed by atoms with E-state index in [4.69, 9.17) is 38.5 Å². The van der Waals surface area contributed by atoms with Crippen LogP contribution in [0.25, 0.3) is 5.52 Å². The Kier molecular flexibility index (Phi) is 10.9. The molecule has 1 unspecified atom stereocenters. The summed E-state index contributed by atoms with van der Waals surface area (Å²) < 4.78 is 55.8. The minimum atomic E-state index is -4.48. The Hall–Kier alpha value is -4.17. The van der Waals surface area contributed by atoms with E-state index in [0.29, 0.717) is 38.0 Å². The van der Waals surface area contributed by atoms with Gasteiger partial charge >= 0.3 is 25.7 Å². The highest BCUT2D eigenvalue weighted by molar-refractivity contribution is 7.51. The number of nitrogens with zero attached hydrogens (tertiary/aromatic N) is 4. The van der Waals surface area contributed by atoms with Crippen LogP contribution in [0.15, 0.2) is 42.8 Å². The lowest BCUT2D eigenvalue weighted by molar-refractivity contribution is -0.166. The average Bonchev–Trinajstić information content (AvgIpc) is 3.61. The van der Waals surface area contributed by atoms with Crippen LogP contribution in [0.2, 0.25) is 0 Å². The van der Waals surface area contributed by atoms with Crippen LogP contribution in [-0.4, -0.2) is 88.4 Å². The lowest BCUT2D eigenvalue weighted by atomic mass is 9.95. The molecule has 2 aromatic rings. The summed E-state index contributed by atoms with van der Waals surface area (Å²) in [5.41, 5.74) is 4.46. The van der Waals surface area contributed by atoms with Gasteiger partial charge in [-0.3, -0.25) is 23.4 Å². The molecule has 0 spiro atoms. The maximum absolute atomic E-state index is 14.4. The van der Waals surface area contributed by atoms with Crippen molar-refractivity contribution in [1.29, 1.82) is 5.26 Å². The van der Waals surface area contributed by atoms with E-state index in [2.05, 4.69) is 15.2 Å². The van der Waals surface area contributed by atoms with Gasteiger partial charge in [0.25, 0.3) is 0 Å². The third-order valence-electron chi connectivity index (χ3n) is 7.80. The molecule has 3 aliphatic rings. The second-order valence-electron chi connectivity index (χ2n) is 11.4. The molecule has 2 fully saturated rings. The summed E-state index contributed by atoms with van der Waals surface area (Å²) in [6, 6.07) is 3.98. The van der Waals surface area contributed by atoms with E-state index in [1.165, 1.54) is 17.8 Å². The second kappa shape index (κ2) is 14.9. The van der Waals surface area contributed by atoms with Crippen LogP contribution in [0.3, 0.4) is 0 Å². The van der Waals surface area contributed by atoms with E-state index in [9.17, 15) is 24.2 Å². The van der Waals surface area contributed by atoms with Crippen molar-refractivity contribution in [1.82, 2.24) is 19.7 Å². The number of nitrogens with one attached hydrogen (secondary N) is 1. The first-order valence-corrected chi connectivity index (χ1v) is 16.8. The zero-order valence-corrected chi connectivity index (χ0v) is 27.4. The van der Waals surface area contributed by atoms with Crippen LogP contribution < -0.4 is 10.8 Å². The highest BCUT2D eigenvalue weighted by atomic mass is 31.2. The van der Waals surface area contributed by atoms with Crippen molar-refractivity contribution in [2.75, 3.05) is 25.6 Å². The number of nitrogens with two attached hydrogens (primary N) is 1. The van der Waals surface area contributed by atoms with Crippen LogP contribution >= 0.6 is 7.75 Å². The van der Waals surface area contributed by atoms with Crippen LogP contribution in [0.1, 0.15) is 51.8 Å². The summed E-state index contributed by atoms with van der Waals surface area (Å²) in [5, 5.41) is 17.4. The van der Waals surface area contributed by atoms with Crippen molar-refractivity contribution in [2.24, 2.45) is 0 Å². The number of hydrogen-bond acceptors (Lipinski definition) is 15. The number of nitrogen functional groups attached to an aromatic ring is 1. The number of ether oxygens (including phenoxy) is 5. The summed E-state index contributed by atoms with van der Waals surface area (Å²) in [6.07, 6.45) is 4.16. The molecule has 7 atom stereocenters. The molecule has 2 saturated heterocycles. The number of hydrogen-bond donors (Lipinski definition) is 2. The third-order valence-corrected chi connectivity index (χ3v) is 9.52. The molecule has 0 bridgehead atoms. The maximum atomic E-state index is 14.4. The van der Waals surface area contributed by atoms with Gasteiger partial charge in [0.15, 0.2) is 18.0 Å². The SMILES string of the molecule is CC(=O)O[C@H]1[C@H](c2ccc3c(N)ncnn23)O[C@](C#N)(CO[P@](=O)(N[C@@H](C)C(=O)OC2CCOCC2)OC2C=CC=CC2)[C@H]1OC(C)=O. The minimum Gasteiger partial charge on any atom is -0.461 e. The molecule has 5 rings (SSSR count). The summed E-state index contributed by atoms with van der Waals surface area (Å²) in [4.78, 5) is 41.6. The summed E-state index contributed by atoms with van der Waals surface area (Å²) in [7, 11) is -4.48. The van der Waals surface area contributed by atoms with Crippen molar-refractivity contribution in [3.05, 3.63) is 48.5 Å². The standard InChI is InChI=1S/C30H37N6O11P/c1-18(29(39)45-21-11-13-41-14-12-21)35-48(40,47-22-7-5-4-6-8-22)42-16-30(15-31)27(44-20(3)38)26(43-19(2)37)25(46-30)23-9-10-24-28(32)33-17-34-36(23)24/h4-7,9-10,17-18,21-22,25-27H,8,11-14,16H2,1-3H3,(H,35,40)(H2,32,33,34)/t18-,22?,25-,26-,27-,30+,48+/m0/s1. The molecule has 0 amide bonds. The van der Waals surface area contributed by atoms with Crippen molar-refractivity contribution in [3.63, 3.8) is 0 Å². The number of anilines is 1.